The van der Waals surface area contributed by atoms with Crippen LogP contribution in [0.1, 0.15) is 191 Å². The minimum absolute atomic E-state index is 0. The van der Waals surface area contributed by atoms with Gasteiger partial charge >= 0.3 is 29.8 Å². The number of ether oxygens (including phenoxy) is 9. The monoisotopic (exact) mass is 2130 g/mol. The molecule has 8 unspecified atom stereocenters. The molecule has 1 saturated heterocycles. The van der Waals surface area contributed by atoms with Crippen molar-refractivity contribution in [2.75, 3.05) is 35.0 Å². The molecular weight excluding hydrogens is 2010 g/mol. The predicted octanol–water partition coefficient (Wildman–Crippen LogP) is 25.8. The van der Waals surface area contributed by atoms with Gasteiger partial charge in [0.2, 0.25) is 11.8 Å². The number of benzene rings is 11. The molecule has 19 rings (SSSR count). The zero-order valence-corrected chi connectivity index (χ0v) is 89.0. The number of methoxy groups -OCH3 is 4. The second kappa shape index (κ2) is 50.0. The number of aliphatic carboxylic acids is 2. The highest BCUT2D eigenvalue weighted by Gasteiger charge is 2.45. The van der Waals surface area contributed by atoms with Crippen LogP contribution in [0.15, 0.2) is 224 Å². The summed E-state index contributed by atoms with van der Waals surface area (Å²) in [6, 6.07) is 69.5. The quantitative estimate of drug-likeness (QED) is 0.0182. The van der Waals surface area contributed by atoms with Gasteiger partial charge in [-0.25, -0.2) is 15.8 Å². The number of phenolic OH excluding ortho intramolecular Hbond substituents is 2. The van der Waals surface area contributed by atoms with E-state index in [2.05, 4.69) is 23.7 Å². The van der Waals surface area contributed by atoms with E-state index >= 15 is 0 Å². The molecule has 11 aromatic rings. The number of nitrogens with one attached hydrogen (secondary N) is 2. The molecule has 774 valence electrons. The third-order valence-electron chi connectivity index (χ3n) is 29.1. The van der Waals surface area contributed by atoms with Crippen LogP contribution < -0.4 is 34.6 Å². The standard InChI is InChI=1S/C23H26ClNO4.C19H19ClO3.C18H18ClNO3.C18H17ClO3.C14H18O3.C13H16O3.C12H14O3.BrH/c1-23(22(26)25-29-21-4-2-3-13-27-21)12-11-16-5-8-20(14-17(16)15-23)28-19-9-6-18(24)7-10-19;1-19(18(21)22-2)10-9-13-3-6-17(11-14(13)12-19)23-16-7-4-15(20)5-8-16;1-18(17(21)20-22)9-8-12-2-5-16(10-13(12)11-18)23-15-6-3-14(19)4-7-15;1-18(17(20)21)9-8-12-2-5-16(10-13(12)11-18)22-15-6-3-14(19)4-7-15;1-14(13(15)17-3)7-6-10-4-5-12(16-2)8-11(10)9-14;1-13(12(15)16-2)6-5-9-3-4-11(14)7-10(9)8-13;1-12(11(14)15)5-4-8-2-3-10(13)6-9(8)7-12;/h5-10,14,21H,2-4,11-13,15H2,1H3,(H,25,26);3-8,11H,9-10,12H2,1-2H3;2-7,10,22H,8-9,11H2,1H3,(H,20,21);2-7,10H,8-9,11H2,1H3,(H,20,21);4-5,8H,6-7,9H2,1-3H3;3-4,7,14H,5-6,8H2,1-2H3;2-3,6,13H,4-5,7H2,1H3,(H,14,15);1H. The number of phenols is 2. The molecule has 1 heterocycles. The van der Waals surface area contributed by atoms with Crippen molar-refractivity contribution in [3.05, 3.63) is 322 Å². The normalized spacial score (nSPS) is 21.8. The summed E-state index contributed by atoms with van der Waals surface area (Å²) in [6.45, 7) is 14.0. The second-order valence-electron chi connectivity index (χ2n) is 40.5. The lowest BCUT2D eigenvalue weighted by molar-refractivity contribution is -0.204. The predicted molar refractivity (Wildman–Crippen MR) is 566 cm³/mol. The summed E-state index contributed by atoms with van der Waals surface area (Å²) in [5.41, 5.74) is 16.9. The number of fused-ring (bicyclic) bond motifs is 7. The molecule has 146 heavy (non-hydrogen) atoms. The van der Waals surface area contributed by atoms with E-state index in [0.29, 0.717) is 96.0 Å². The molecular formula is C117H129BrCl4N2O22. The van der Waals surface area contributed by atoms with E-state index in [1.807, 2.05) is 175 Å². The zero-order chi connectivity index (χ0) is 104. The molecule has 0 aromatic heterocycles. The summed E-state index contributed by atoms with van der Waals surface area (Å²) in [5, 5.41) is 48.9. The number of carboxylic acid groups (broad SMARTS) is 2. The lowest BCUT2D eigenvalue weighted by Gasteiger charge is -2.34. The highest BCUT2D eigenvalue weighted by atomic mass is 79.9. The minimum Gasteiger partial charge on any atom is -0.508 e. The highest BCUT2D eigenvalue weighted by molar-refractivity contribution is 8.93. The van der Waals surface area contributed by atoms with Crippen LogP contribution >= 0.6 is 63.4 Å². The van der Waals surface area contributed by atoms with Gasteiger partial charge in [-0.2, -0.15) is 0 Å². The number of hydroxylamine groups is 2. The Kier molecular flexibility index (Phi) is 38.6. The fraction of sp³-hybridized carbons (Fsp3) is 0.376. The molecule has 11 aromatic carbocycles. The van der Waals surface area contributed by atoms with Crippen LogP contribution in [0.4, 0.5) is 0 Å². The van der Waals surface area contributed by atoms with Gasteiger partial charge in [-0.1, -0.05) is 103 Å². The van der Waals surface area contributed by atoms with Crippen LogP contribution in [0.2, 0.25) is 20.1 Å². The molecule has 7 N–H and O–H groups in total. The molecule has 0 bridgehead atoms. The number of hydrogen-bond acceptors (Lipinski definition) is 20. The number of carboxylic acids is 2. The molecule has 29 heteroatoms. The Bertz CT molecular complexity index is 6320. The van der Waals surface area contributed by atoms with Gasteiger partial charge in [0.05, 0.1) is 66.3 Å². The number of esters is 3. The van der Waals surface area contributed by atoms with Crippen molar-refractivity contribution >= 4 is 105 Å². The molecule has 24 nitrogen and oxygen atoms in total. The van der Waals surface area contributed by atoms with Crippen molar-refractivity contribution < 1.29 is 107 Å². The van der Waals surface area contributed by atoms with Crippen LogP contribution in [0, 0.1) is 37.9 Å². The Hall–Kier alpha value is -12.2. The lowest BCUT2D eigenvalue weighted by atomic mass is 9.72. The number of hydrogen-bond donors (Lipinski definition) is 7. The van der Waals surface area contributed by atoms with E-state index in [1.54, 1.807) is 92.3 Å². The Morgan fingerprint density at radius 2 is 0.548 bits per heavy atom. The maximum absolute atomic E-state index is 12.8. The first kappa shape index (κ1) is 113. The Morgan fingerprint density at radius 3 is 0.815 bits per heavy atom. The van der Waals surface area contributed by atoms with Crippen molar-refractivity contribution in [1.82, 2.24) is 11.0 Å². The summed E-state index contributed by atoms with van der Waals surface area (Å²) < 4.78 is 48.9. The van der Waals surface area contributed by atoms with E-state index in [4.69, 9.17) is 104 Å². The van der Waals surface area contributed by atoms with Gasteiger partial charge in [0.15, 0.2) is 6.29 Å². The van der Waals surface area contributed by atoms with Crippen molar-refractivity contribution in [3.8, 4) is 63.2 Å². The molecule has 2 amide bonds. The summed E-state index contributed by atoms with van der Waals surface area (Å²) in [6.07, 6.45) is 18.0. The number of amides is 2. The van der Waals surface area contributed by atoms with Gasteiger partial charge in [0.1, 0.15) is 63.2 Å². The lowest BCUT2D eigenvalue weighted by Crippen LogP contribution is -2.44. The third-order valence-corrected chi connectivity index (χ3v) is 30.1. The fourth-order valence-corrected chi connectivity index (χ4v) is 20.2. The largest absolute Gasteiger partial charge is 0.508 e. The zero-order valence-electron chi connectivity index (χ0n) is 84.2. The number of carbonyl (C=O) groups excluding carboxylic acids is 5. The second-order valence-corrected chi connectivity index (χ2v) is 42.3. The fourth-order valence-electron chi connectivity index (χ4n) is 19.7. The first-order valence-corrected chi connectivity index (χ1v) is 50.4. The van der Waals surface area contributed by atoms with E-state index in [1.165, 1.54) is 60.3 Å². The third kappa shape index (κ3) is 29.4. The summed E-state index contributed by atoms with van der Waals surface area (Å²) in [4.78, 5) is 88.3. The molecule has 7 aliphatic carbocycles. The molecule has 8 aliphatic rings. The smallest absolute Gasteiger partial charge is 0.311 e. The first-order chi connectivity index (χ1) is 69.1. The number of aromatic hydroxyl groups is 2. The van der Waals surface area contributed by atoms with Crippen LogP contribution in [0.25, 0.3) is 0 Å². The summed E-state index contributed by atoms with van der Waals surface area (Å²) in [5.74, 6) is 4.80. The maximum atomic E-state index is 12.8. The van der Waals surface area contributed by atoms with Gasteiger partial charge in [0, 0.05) is 33.1 Å². The number of aryl methyl sites for hydroxylation is 7. The average molecular weight is 2140 g/mol. The van der Waals surface area contributed by atoms with Crippen LogP contribution in [-0.4, -0.2) is 109 Å². The number of rotatable bonds is 18. The van der Waals surface area contributed by atoms with Crippen molar-refractivity contribution in [1.29, 1.82) is 0 Å². The van der Waals surface area contributed by atoms with Crippen molar-refractivity contribution in [2.24, 2.45) is 37.9 Å². The van der Waals surface area contributed by atoms with Crippen LogP contribution in [0.3, 0.4) is 0 Å². The molecule has 0 radical (unpaired) electrons. The van der Waals surface area contributed by atoms with E-state index in [-0.39, 0.29) is 64.5 Å². The van der Waals surface area contributed by atoms with Crippen molar-refractivity contribution in [2.45, 2.75) is 209 Å². The van der Waals surface area contributed by atoms with Gasteiger partial charge in [0.25, 0.3) is 0 Å². The molecule has 8 atom stereocenters. The minimum atomic E-state index is -0.753. The number of halogens is 5. The Balaban J connectivity index is 0.000000153. The van der Waals surface area contributed by atoms with Gasteiger partial charge < -0.3 is 63.1 Å². The first-order valence-electron chi connectivity index (χ1n) is 48.9. The molecule has 1 aliphatic heterocycles. The van der Waals surface area contributed by atoms with Gasteiger partial charge in [-0.3, -0.25) is 38.8 Å². The topological polar surface area (TPSA) is 337 Å². The maximum Gasteiger partial charge on any atom is 0.311 e. The van der Waals surface area contributed by atoms with Crippen LogP contribution in [-0.2, 0) is 147 Å². The van der Waals surface area contributed by atoms with E-state index in [9.17, 15) is 48.9 Å². The van der Waals surface area contributed by atoms with E-state index in [0.717, 1.165) is 176 Å². The van der Waals surface area contributed by atoms with Crippen molar-refractivity contribution in [3.63, 3.8) is 0 Å². The van der Waals surface area contributed by atoms with Gasteiger partial charge in [-0.15, -0.1) is 17.0 Å². The summed E-state index contributed by atoms with van der Waals surface area (Å²) in [7, 11) is 5.98. The summed E-state index contributed by atoms with van der Waals surface area (Å²) >= 11 is 23.5. The molecule has 1 fully saturated rings. The average Bonchev–Trinajstić information content (AvgIpc) is 0.542. The molecule has 0 spiro atoms. The molecule has 0 saturated carbocycles. The Labute approximate surface area is 884 Å². The SMILES string of the molecule is Br.CC1(C(=O)NO)CCc2ccc(Oc3ccc(Cl)cc3)cc2C1.CC1(C(=O)NOC2CCCCO2)CCc2ccc(Oc3ccc(Cl)cc3)cc2C1.CC1(C(=O)O)CCc2ccc(O)cc2C1.CC1(C(=O)O)CCc2ccc(Oc3ccc(Cl)cc3)cc2C1.COC(=O)C1(C)CCc2ccc(O)cc2C1.COC(=O)C1(C)CCc2ccc(OC)cc2C1.COC(=O)C1(C)CCc2ccc(Oc3ccc(Cl)cc3)cc2C1. The Morgan fingerprint density at radius 1 is 0.308 bits per heavy atom. The highest BCUT2D eigenvalue weighted by Crippen LogP contribution is 2.47. The number of carbonyl (C=O) groups is 7. The van der Waals surface area contributed by atoms with Crippen LogP contribution in [0.5, 0.6) is 63.2 Å². The van der Waals surface area contributed by atoms with Gasteiger partial charge in [-0.05, 0) is 442 Å². The van der Waals surface area contributed by atoms with E-state index < -0.39 is 49.8 Å².